The van der Waals surface area contributed by atoms with Gasteiger partial charge in [-0.3, -0.25) is 9.69 Å². The highest BCUT2D eigenvalue weighted by molar-refractivity contribution is 5.80. The fourth-order valence-corrected chi connectivity index (χ4v) is 5.27. The number of hydrogen-bond acceptors (Lipinski definition) is 5. The molecule has 2 heterocycles. The van der Waals surface area contributed by atoms with Crippen molar-refractivity contribution in [1.29, 1.82) is 0 Å². The van der Waals surface area contributed by atoms with Gasteiger partial charge < -0.3 is 4.98 Å². The summed E-state index contributed by atoms with van der Waals surface area (Å²) in [5, 5.41) is 14.2. The van der Waals surface area contributed by atoms with Crippen LogP contribution in [0.1, 0.15) is 101 Å². The first-order valence-electron chi connectivity index (χ1n) is 12.9. The van der Waals surface area contributed by atoms with Crippen LogP contribution in [-0.4, -0.2) is 36.1 Å². The van der Waals surface area contributed by atoms with Crippen LogP contribution in [0.4, 0.5) is 0 Å². The molecule has 34 heavy (non-hydrogen) atoms. The van der Waals surface area contributed by atoms with Crippen molar-refractivity contribution in [2.45, 2.75) is 111 Å². The van der Waals surface area contributed by atoms with Crippen LogP contribution in [0.3, 0.4) is 0 Å². The van der Waals surface area contributed by atoms with E-state index >= 15 is 0 Å². The number of rotatable bonds is 9. The van der Waals surface area contributed by atoms with Gasteiger partial charge in [-0.05, 0) is 98.5 Å². The molecule has 0 aliphatic heterocycles. The number of nitrogens with zero attached hydrogens (tertiary/aromatic N) is 5. The van der Waals surface area contributed by atoms with Gasteiger partial charge in [0.15, 0.2) is 5.82 Å². The Labute approximate surface area is 202 Å². The third-order valence-corrected chi connectivity index (χ3v) is 7.87. The van der Waals surface area contributed by atoms with Gasteiger partial charge in [-0.1, -0.05) is 33.1 Å². The van der Waals surface area contributed by atoms with E-state index in [4.69, 9.17) is 0 Å². The van der Waals surface area contributed by atoms with E-state index in [2.05, 4.69) is 85.2 Å². The number of nitrogens with one attached hydrogen (secondary N) is 1. The number of H-pyrrole nitrogens is 1. The topological polar surface area (TPSA) is 79.7 Å². The molecule has 7 nitrogen and oxygen atoms in total. The summed E-state index contributed by atoms with van der Waals surface area (Å²) in [6.07, 6.45) is 7.71. The van der Waals surface area contributed by atoms with Gasteiger partial charge >= 0.3 is 0 Å². The molecule has 1 saturated carbocycles. The predicted octanol–water partition coefficient (Wildman–Crippen LogP) is 5.56. The Bertz CT molecular complexity index is 1190. The van der Waals surface area contributed by atoms with Gasteiger partial charge in [0.25, 0.3) is 5.56 Å². The van der Waals surface area contributed by atoms with Gasteiger partial charge in [0, 0.05) is 23.7 Å². The summed E-state index contributed by atoms with van der Waals surface area (Å²) in [6.45, 7) is 13.6. The Kier molecular flexibility index (Phi) is 7.22. The fraction of sp³-hybridized carbons (Fsp3) is 0.630. The molecule has 0 spiro atoms. The minimum absolute atomic E-state index is 0.00229. The lowest BCUT2D eigenvalue weighted by molar-refractivity contribution is 0.102. The highest BCUT2D eigenvalue weighted by Gasteiger charge is 2.35. The quantitative estimate of drug-likeness (QED) is 0.448. The minimum atomic E-state index is -0.165. The van der Waals surface area contributed by atoms with Crippen molar-refractivity contribution in [2.24, 2.45) is 0 Å². The van der Waals surface area contributed by atoms with E-state index in [0.717, 1.165) is 54.4 Å². The van der Waals surface area contributed by atoms with Crippen LogP contribution in [0.5, 0.6) is 0 Å². The van der Waals surface area contributed by atoms with Crippen molar-refractivity contribution in [3.63, 3.8) is 0 Å². The molecule has 1 aliphatic rings. The van der Waals surface area contributed by atoms with Gasteiger partial charge in [-0.2, -0.15) is 0 Å². The number of aromatic amines is 1. The normalized spacial score (nSPS) is 16.1. The lowest BCUT2D eigenvalue weighted by Gasteiger charge is -2.37. The zero-order valence-corrected chi connectivity index (χ0v) is 21.7. The number of benzene rings is 1. The Morgan fingerprint density at radius 1 is 1.15 bits per heavy atom. The summed E-state index contributed by atoms with van der Waals surface area (Å²) < 4.78 is 2.02. The maximum absolute atomic E-state index is 13.2. The molecule has 4 rings (SSSR count). The third kappa shape index (κ3) is 4.81. The molecule has 7 heteroatoms. The second-order valence-electron chi connectivity index (χ2n) is 10.7. The van der Waals surface area contributed by atoms with Crippen LogP contribution in [0.15, 0.2) is 23.0 Å². The van der Waals surface area contributed by atoms with Crippen molar-refractivity contribution >= 4 is 10.9 Å². The molecule has 0 bridgehead atoms. The third-order valence-electron chi connectivity index (χ3n) is 7.87. The number of aromatic nitrogens is 5. The van der Waals surface area contributed by atoms with E-state index in [1.807, 2.05) is 4.68 Å². The highest BCUT2D eigenvalue weighted by Crippen LogP contribution is 2.36. The lowest BCUT2D eigenvalue weighted by Crippen LogP contribution is -2.41. The van der Waals surface area contributed by atoms with Crippen molar-refractivity contribution in [3.05, 3.63) is 51.1 Å². The maximum Gasteiger partial charge on any atom is 0.252 e. The second kappa shape index (κ2) is 9.98. The molecule has 1 atom stereocenters. The molecule has 1 aromatic carbocycles. The van der Waals surface area contributed by atoms with Crippen molar-refractivity contribution < 1.29 is 0 Å². The number of tetrazole rings is 1. The van der Waals surface area contributed by atoms with Crippen LogP contribution in [0, 0.1) is 13.8 Å². The van der Waals surface area contributed by atoms with Crippen molar-refractivity contribution in [3.8, 4) is 0 Å². The zero-order valence-electron chi connectivity index (χ0n) is 21.7. The first-order chi connectivity index (χ1) is 16.2. The molecule has 2 aromatic heterocycles. The van der Waals surface area contributed by atoms with E-state index in [0.29, 0.717) is 12.6 Å². The van der Waals surface area contributed by atoms with Gasteiger partial charge in [-0.25, -0.2) is 4.68 Å². The molecule has 0 radical (unpaired) electrons. The van der Waals surface area contributed by atoms with E-state index in [9.17, 15) is 4.79 Å². The van der Waals surface area contributed by atoms with E-state index < -0.39 is 0 Å². The van der Waals surface area contributed by atoms with Crippen LogP contribution in [0.25, 0.3) is 10.9 Å². The first-order valence-corrected chi connectivity index (χ1v) is 12.9. The monoisotopic (exact) mass is 464 g/mol. The highest BCUT2D eigenvalue weighted by atomic mass is 16.1. The Morgan fingerprint density at radius 2 is 1.85 bits per heavy atom. The number of pyridine rings is 1. The average Bonchev–Trinajstić information content (AvgIpc) is 3.50. The van der Waals surface area contributed by atoms with Gasteiger partial charge in [-0.15, -0.1) is 5.10 Å². The molecule has 0 unspecified atom stereocenters. The van der Waals surface area contributed by atoms with Crippen LogP contribution < -0.4 is 5.56 Å². The standard InChI is InChI=1S/C27H40N6O/c1-7-11-24(25-29-30-31-33(25)27(5,6)8-2)32(22-12-9-10-13-22)17-21-16-20-14-18(3)19(4)15-23(20)28-26(21)34/h14-16,22,24H,7-13,17H2,1-6H3,(H,28,34)/t24-/m0/s1. The second-order valence-corrected chi connectivity index (χ2v) is 10.7. The lowest BCUT2D eigenvalue weighted by atomic mass is 9.99. The summed E-state index contributed by atoms with van der Waals surface area (Å²) in [4.78, 5) is 18.9. The van der Waals surface area contributed by atoms with Gasteiger partial charge in [0.2, 0.25) is 0 Å². The molecule has 184 valence electrons. The molecular formula is C27H40N6O. The van der Waals surface area contributed by atoms with E-state index in [1.165, 1.54) is 24.0 Å². The smallest absolute Gasteiger partial charge is 0.252 e. The average molecular weight is 465 g/mol. The van der Waals surface area contributed by atoms with Crippen LogP contribution in [0.2, 0.25) is 0 Å². The molecule has 1 N–H and O–H groups in total. The summed E-state index contributed by atoms with van der Waals surface area (Å²) >= 11 is 0. The van der Waals surface area contributed by atoms with E-state index in [1.54, 1.807) is 0 Å². The van der Waals surface area contributed by atoms with Gasteiger partial charge in [0.05, 0.1) is 11.6 Å². The summed E-state index contributed by atoms with van der Waals surface area (Å²) in [5.74, 6) is 0.921. The Morgan fingerprint density at radius 3 is 2.53 bits per heavy atom. The number of hydrogen-bond donors (Lipinski definition) is 1. The van der Waals surface area contributed by atoms with Crippen molar-refractivity contribution in [2.75, 3.05) is 0 Å². The summed E-state index contributed by atoms with van der Waals surface area (Å²) in [7, 11) is 0. The summed E-state index contributed by atoms with van der Waals surface area (Å²) in [5.41, 5.74) is 3.99. The molecule has 0 amide bonds. The number of aryl methyl sites for hydroxylation is 2. The molecule has 1 fully saturated rings. The first kappa shape index (κ1) is 24.6. The predicted molar refractivity (Wildman–Crippen MR) is 137 cm³/mol. The molecule has 1 aliphatic carbocycles. The fourth-order valence-electron chi connectivity index (χ4n) is 5.27. The largest absolute Gasteiger partial charge is 0.322 e. The van der Waals surface area contributed by atoms with Gasteiger partial charge in [0.1, 0.15) is 0 Å². The Hall–Kier alpha value is -2.54. The van der Waals surface area contributed by atoms with Crippen molar-refractivity contribution in [1.82, 2.24) is 30.1 Å². The molecule has 0 saturated heterocycles. The molecular weight excluding hydrogens is 424 g/mol. The Balaban J connectivity index is 1.78. The molecule has 3 aromatic rings. The SMILES string of the molecule is CCC[C@@H](c1nnnn1C(C)(C)CC)N(Cc1cc2cc(C)c(C)cc2[nH]c1=O)C1CCCC1. The summed E-state index contributed by atoms with van der Waals surface area (Å²) in [6, 6.07) is 6.85. The van der Waals surface area contributed by atoms with Crippen LogP contribution in [-0.2, 0) is 12.1 Å². The zero-order chi connectivity index (χ0) is 24.5. The van der Waals surface area contributed by atoms with Crippen LogP contribution >= 0.6 is 0 Å². The minimum Gasteiger partial charge on any atom is -0.322 e. The maximum atomic E-state index is 13.2. The van der Waals surface area contributed by atoms with E-state index in [-0.39, 0.29) is 17.1 Å². The number of fused-ring (bicyclic) bond motifs is 1.